The van der Waals surface area contributed by atoms with Crippen LogP contribution < -0.4 is 5.73 Å². The summed E-state index contributed by atoms with van der Waals surface area (Å²) in [5.41, 5.74) is 5.57. The monoisotopic (exact) mass is 296 g/mol. The fourth-order valence-corrected chi connectivity index (χ4v) is 4.53. The van der Waals surface area contributed by atoms with E-state index in [0.29, 0.717) is 5.92 Å². The number of nitrogens with two attached hydrogens (primary N) is 1. The van der Waals surface area contributed by atoms with Crippen molar-refractivity contribution in [3.63, 3.8) is 0 Å². The molecule has 0 aromatic rings. The molecule has 21 heavy (non-hydrogen) atoms. The van der Waals surface area contributed by atoms with Gasteiger partial charge in [0.15, 0.2) is 0 Å². The quantitative estimate of drug-likeness (QED) is 0.844. The maximum atomic E-state index is 13.0. The summed E-state index contributed by atoms with van der Waals surface area (Å²) in [6.07, 6.45) is 3.12. The van der Waals surface area contributed by atoms with Crippen molar-refractivity contribution in [2.24, 2.45) is 23.0 Å². The largest absolute Gasteiger partial charge is 0.381 e. The number of carbonyl (C=O) groups excluding carboxylic acids is 1. The Bertz CT molecular complexity index is 420. The van der Waals surface area contributed by atoms with E-state index in [2.05, 4.69) is 13.8 Å². The number of likely N-dealkylation sites (N-methyl/N-ethyl adjacent to an activating group) is 1. The van der Waals surface area contributed by atoms with Crippen molar-refractivity contribution in [1.82, 2.24) is 4.90 Å². The number of fused-ring (bicyclic) bond motifs is 1. The smallest absolute Gasteiger partial charge is 0.243 e. The van der Waals surface area contributed by atoms with Gasteiger partial charge in [0.25, 0.3) is 0 Å². The molecule has 1 saturated carbocycles. The lowest BCUT2D eigenvalue weighted by Crippen LogP contribution is -2.80. The van der Waals surface area contributed by atoms with Gasteiger partial charge in [0.1, 0.15) is 5.54 Å². The van der Waals surface area contributed by atoms with E-state index in [1.807, 2.05) is 11.9 Å². The van der Waals surface area contributed by atoms with E-state index >= 15 is 0 Å². The Kier molecular flexibility index (Phi) is 3.79. The van der Waals surface area contributed by atoms with Gasteiger partial charge in [-0.15, -0.1) is 0 Å². The van der Waals surface area contributed by atoms with Crippen LogP contribution in [0, 0.1) is 17.3 Å². The van der Waals surface area contributed by atoms with Gasteiger partial charge in [-0.05, 0) is 25.2 Å². The first kappa shape index (κ1) is 15.3. The van der Waals surface area contributed by atoms with Crippen LogP contribution in [0.3, 0.4) is 0 Å². The molecular formula is C16H28N2O3. The maximum Gasteiger partial charge on any atom is 0.243 e. The Balaban J connectivity index is 1.68. The lowest BCUT2D eigenvalue weighted by molar-refractivity contribution is -0.183. The normalized spacial score (nSPS) is 38.7. The molecule has 3 rings (SSSR count). The van der Waals surface area contributed by atoms with Gasteiger partial charge < -0.3 is 20.1 Å². The third-order valence-corrected chi connectivity index (χ3v) is 6.03. The minimum atomic E-state index is -0.770. The first-order chi connectivity index (χ1) is 9.89. The third kappa shape index (κ3) is 2.13. The fourth-order valence-electron chi connectivity index (χ4n) is 4.53. The maximum absolute atomic E-state index is 13.0. The van der Waals surface area contributed by atoms with E-state index in [4.69, 9.17) is 15.2 Å². The van der Waals surface area contributed by atoms with Crippen molar-refractivity contribution in [2.45, 2.75) is 44.8 Å². The van der Waals surface area contributed by atoms with Crippen LogP contribution in [0.25, 0.3) is 0 Å². The number of amides is 1. The van der Waals surface area contributed by atoms with Crippen LogP contribution in [-0.2, 0) is 14.3 Å². The second kappa shape index (κ2) is 5.21. The molecule has 2 N–H and O–H groups in total. The van der Waals surface area contributed by atoms with Gasteiger partial charge >= 0.3 is 0 Å². The van der Waals surface area contributed by atoms with Crippen LogP contribution in [-0.4, -0.2) is 55.9 Å². The van der Waals surface area contributed by atoms with Gasteiger partial charge in [-0.1, -0.05) is 13.8 Å². The van der Waals surface area contributed by atoms with Gasteiger partial charge in [-0.25, -0.2) is 0 Å². The second-order valence-corrected chi connectivity index (χ2v) is 7.52. The first-order valence-electron chi connectivity index (χ1n) is 8.13. The Morgan fingerprint density at radius 3 is 2.57 bits per heavy atom. The van der Waals surface area contributed by atoms with Crippen molar-refractivity contribution < 1.29 is 14.3 Å². The van der Waals surface area contributed by atoms with Crippen molar-refractivity contribution in [3.8, 4) is 0 Å². The molecule has 2 saturated heterocycles. The average molecular weight is 296 g/mol. The molecule has 3 aliphatic rings. The van der Waals surface area contributed by atoms with Crippen LogP contribution in [0.4, 0.5) is 0 Å². The highest BCUT2D eigenvalue weighted by atomic mass is 16.5. The number of nitrogens with zero attached hydrogens (tertiary/aromatic N) is 1. The predicted octanol–water partition coefficient (Wildman–Crippen LogP) is 1.01. The molecular weight excluding hydrogens is 268 g/mol. The summed E-state index contributed by atoms with van der Waals surface area (Å²) < 4.78 is 11.2. The Hall–Kier alpha value is -0.650. The van der Waals surface area contributed by atoms with E-state index in [1.165, 1.54) is 0 Å². The van der Waals surface area contributed by atoms with Crippen molar-refractivity contribution in [3.05, 3.63) is 0 Å². The lowest BCUT2D eigenvalue weighted by Gasteiger charge is -2.61. The summed E-state index contributed by atoms with van der Waals surface area (Å²) >= 11 is 0. The Morgan fingerprint density at radius 1 is 1.24 bits per heavy atom. The van der Waals surface area contributed by atoms with E-state index in [-0.39, 0.29) is 23.3 Å². The minimum Gasteiger partial charge on any atom is -0.381 e. The summed E-state index contributed by atoms with van der Waals surface area (Å²) in [6, 6.07) is 0. The van der Waals surface area contributed by atoms with E-state index in [9.17, 15) is 4.79 Å². The Labute approximate surface area is 127 Å². The molecule has 1 aliphatic carbocycles. The SMILES string of the molecule is CN(CC1CCOCC1)C(=O)C1(N)C2CCOC2C1(C)C. The molecule has 5 nitrogen and oxygen atoms in total. The average Bonchev–Trinajstić information content (AvgIpc) is 2.95. The molecule has 0 aromatic carbocycles. The van der Waals surface area contributed by atoms with Crippen LogP contribution in [0.15, 0.2) is 0 Å². The fraction of sp³-hybridized carbons (Fsp3) is 0.938. The van der Waals surface area contributed by atoms with Gasteiger partial charge in [-0.2, -0.15) is 0 Å². The molecule has 2 heterocycles. The summed E-state index contributed by atoms with van der Waals surface area (Å²) in [5, 5.41) is 0. The zero-order valence-corrected chi connectivity index (χ0v) is 13.4. The number of ether oxygens (including phenoxy) is 2. The summed E-state index contributed by atoms with van der Waals surface area (Å²) in [7, 11) is 1.89. The molecule has 120 valence electrons. The molecule has 0 bridgehead atoms. The van der Waals surface area contributed by atoms with Crippen LogP contribution in [0.1, 0.15) is 33.1 Å². The zero-order chi connectivity index (χ0) is 15.3. The second-order valence-electron chi connectivity index (χ2n) is 7.52. The Morgan fingerprint density at radius 2 is 1.90 bits per heavy atom. The molecule has 0 aromatic heterocycles. The number of rotatable bonds is 3. The van der Waals surface area contributed by atoms with E-state index in [1.54, 1.807) is 0 Å². The van der Waals surface area contributed by atoms with Crippen LogP contribution >= 0.6 is 0 Å². The summed E-state index contributed by atoms with van der Waals surface area (Å²) in [5.74, 6) is 0.804. The summed E-state index contributed by atoms with van der Waals surface area (Å²) in [6.45, 7) is 7.28. The first-order valence-corrected chi connectivity index (χ1v) is 8.13. The zero-order valence-electron chi connectivity index (χ0n) is 13.4. The van der Waals surface area contributed by atoms with Gasteiger partial charge in [0, 0.05) is 44.7 Å². The van der Waals surface area contributed by atoms with Crippen molar-refractivity contribution in [1.29, 1.82) is 0 Å². The van der Waals surface area contributed by atoms with E-state index in [0.717, 1.165) is 45.6 Å². The number of hydrogen-bond donors (Lipinski definition) is 1. The molecule has 3 atom stereocenters. The van der Waals surface area contributed by atoms with E-state index < -0.39 is 5.54 Å². The van der Waals surface area contributed by atoms with Crippen LogP contribution in [0.2, 0.25) is 0 Å². The van der Waals surface area contributed by atoms with Crippen molar-refractivity contribution >= 4 is 5.91 Å². The highest BCUT2D eigenvalue weighted by Gasteiger charge is 2.71. The number of hydrogen-bond acceptors (Lipinski definition) is 4. The lowest BCUT2D eigenvalue weighted by atomic mass is 9.47. The topological polar surface area (TPSA) is 64.8 Å². The molecule has 0 spiro atoms. The standard InChI is InChI=1S/C16H28N2O3/c1-15(2)13-12(6-9-21-13)16(15,17)14(19)18(3)10-11-4-7-20-8-5-11/h11-13H,4-10,17H2,1-3H3. The minimum absolute atomic E-state index is 0.0886. The predicted molar refractivity (Wildman–Crippen MR) is 79.7 cm³/mol. The molecule has 3 unspecified atom stereocenters. The van der Waals surface area contributed by atoms with Crippen LogP contribution in [0.5, 0.6) is 0 Å². The number of carbonyl (C=O) groups is 1. The highest BCUT2D eigenvalue weighted by Crippen LogP contribution is 2.58. The highest BCUT2D eigenvalue weighted by molar-refractivity contribution is 5.89. The summed E-state index contributed by atoms with van der Waals surface area (Å²) in [4.78, 5) is 14.8. The van der Waals surface area contributed by atoms with Gasteiger partial charge in [0.2, 0.25) is 5.91 Å². The molecule has 2 aliphatic heterocycles. The molecule has 3 fully saturated rings. The third-order valence-electron chi connectivity index (χ3n) is 6.03. The molecule has 1 amide bonds. The molecule has 0 radical (unpaired) electrons. The molecule has 5 heteroatoms. The van der Waals surface area contributed by atoms with Gasteiger partial charge in [0.05, 0.1) is 6.10 Å². The van der Waals surface area contributed by atoms with Gasteiger partial charge in [-0.3, -0.25) is 4.79 Å². The van der Waals surface area contributed by atoms with Crippen molar-refractivity contribution in [2.75, 3.05) is 33.4 Å².